The third-order valence-corrected chi connectivity index (χ3v) is 6.21. The summed E-state index contributed by atoms with van der Waals surface area (Å²) < 4.78 is 31.3. The average molecular weight is 428 g/mol. The van der Waals surface area contributed by atoms with E-state index in [1.807, 2.05) is 19.0 Å². The minimum absolute atomic E-state index is 0.0305. The molecule has 152 valence electrons. The van der Waals surface area contributed by atoms with Crippen molar-refractivity contribution in [2.45, 2.75) is 10.1 Å². The molecule has 2 rings (SSSR count). The Hall–Kier alpha value is -2.36. The second-order valence-electron chi connectivity index (χ2n) is 6.27. The number of hydrogen-bond acceptors (Lipinski definition) is 6. The monoisotopic (exact) mass is 427 g/mol. The topological polar surface area (TPSA) is 109 Å². The van der Waals surface area contributed by atoms with E-state index in [0.29, 0.717) is 18.1 Å². The van der Waals surface area contributed by atoms with Gasteiger partial charge < -0.3 is 20.0 Å². The third kappa shape index (κ3) is 5.82. The van der Waals surface area contributed by atoms with Gasteiger partial charge in [-0.1, -0.05) is 11.6 Å². The van der Waals surface area contributed by atoms with Gasteiger partial charge in [0.05, 0.1) is 11.2 Å². The third-order valence-electron chi connectivity index (χ3n) is 3.88. The molecule has 10 heteroatoms. The molecular formula is C18H22ClN3O5S. The van der Waals surface area contributed by atoms with Crippen molar-refractivity contribution in [3.63, 3.8) is 0 Å². The second kappa shape index (κ2) is 9.72. The number of likely N-dealkylation sites (N-methyl/N-ethyl adjacent to an activating group) is 1. The van der Waals surface area contributed by atoms with E-state index in [-0.39, 0.29) is 17.2 Å². The van der Waals surface area contributed by atoms with E-state index in [1.165, 1.54) is 36.6 Å². The molecule has 1 heterocycles. The van der Waals surface area contributed by atoms with Crippen LogP contribution in [0.5, 0.6) is 0 Å². The van der Waals surface area contributed by atoms with Crippen molar-refractivity contribution >= 4 is 33.3 Å². The molecule has 1 aromatic carbocycles. The van der Waals surface area contributed by atoms with Crippen LogP contribution in [0.1, 0.15) is 11.0 Å². The molecule has 2 amide bonds. The average Bonchev–Trinajstić information content (AvgIpc) is 3.15. The molecule has 1 atom stereocenters. The van der Waals surface area contributed by atoms with Gasteiger partial charge in [0, 0.05) is 24.7 Å². The lowest BCUT2D eigenvalue weighted by Crippen LogP contribution is -2.43. The van der Waals surface area contributed by atoms with Crippen molar-refractivity contribution in [2.24, 2.45) is 0 Å². The Labute approximate surface area is 168 Å². The second-order valence-corrected chi connectivity index (χ2v) is 8.84. The fourth-order valence-corrected chi connectivity index (χ4v) is 4.08. The van der Waals surface area contributed by atoms with Crippen molar-refractivity contribution in [2.75, 3.05) is 33.7 Å². The number of amides is 2. The van der Waals surface area contributed by atoms with E-state index in [2.05, 4.69) is 10.6 Å². The van der Waals surface area contributed by atoms with Crippen LogP contribution in [0, 0.1) is 0 Å². The van der Waals surface area contributed by atoms with Crippen LogP contribution < -0.4 is 10.6 Å². The molecule has 1 aromatic heterocycles. The van der Waals surface area contributed by atoms with Gasteiger partial charge in [0.1, 0.15) is 11.0 Å². The summed E-state index contributed by atoms with van der Waals surface area (Å²) in [6.45, 7) is 0.543. The highest BCUT2D eigenvalue weighted by Gasteiger charge is 2.32. The predicted octanol–water partition coefficient (Wildman–Crippen LogP) is 1.24. The quantitative estimate of drug-likeness (QED) is 0.613. The van der Waals surface area contributed by atoms with E-state index >= 15 is 0 Å². The molecule has 0 fully saturated rings. The van der Waals surface area contributed by atoms with E-state index in [9.17, 15) is 18.0 Å². The van der Waals surface area contributed by atoms with E-state index in [4.69, 9.17) is 16.0 Å². The van der Waals surface area contributed by atoms with Crippen LogP contribution in [0.4, 0.5) is 0 Å². The van der Waals surface area contributed by atoms with Gasteiger partial charge in [0.15, 0.2) is 9.84 Å². The summed E-state index contributed by atoms with van der Waals surface area (Å²) in [5.74, 6) is -1.59. The highest BCUT2D eigenvalue weighted by molar-refractivity contribution is 7.91. The summed E-state index contributed by atoms with van der Waals surface area (Å²) >= 11 is 5.82. The van der Waals surface area contributed by atoms with Crippen LogP contribution in [0.15, 0.2) is 52.0 Å². The largest absolute Gasteiger partial charge is 0.468 e. The summed E-state index contributed by atoms with van der Waals surface area (Å²) in [5.41, 5.74) is 0. The van der Waals surface area contributed by atoms with Gasteiger partial charge >= 0.3 is 11.8 Å². The number of furan rings is 1. The van der Waals surface area contributed by atoms with E-state index < -0.39 is 26.9 Å². The first-order valence-corrected chi connectivity index (χ1v) is 10.4. The molecule has 8 nitrogen and oxygen atoms in total. The molecule has 0 unspecified atom stereocenters. The summed E-state index contributed by atoms with van der Waals surface area (Å²) in [6, 6.07) is 8.73. The molecule has 0 saturated heterocycles. The maximum Gasteiger partial charge on any atom is 0.309 e. The SMILES string of the molecule is CN(C)CCNC(=O)C(=O)NC[C@H](c1ccco1)S(=O)(=O)c1ccc(Cl)cc1. The maximum absolute atomic E-state index is 13.0. The van der Waals surface area contributed by atoms with Crippen LogP contribution in [0.3, 0.4) is 0 Å². The lowest BCUT2D eigenvalue weighted by atomic mass is 10.3. The van der Waals surface area contributed by atoms with Crippen molar-refractivity contribution in [3.8, 4) is 0 Å². The Balaban J connectivity index is 2.11. The smallest absolute Gasteiger partial charge is 0.309 e. The molecule has 0 spiro atoms. The number of sulfone groups is 1. The zero-order valence-corrected chi connectivity index (χ0v) is 17.1. The Morgan fingerprint density at radius 1 is 1.11 bits per heavy atom. The summed E-state index contributed by atoms with van der Waals surface area (Å²) in [7, 11) is -0.226. The number of hydrogen-bond donors (Lipinski definition) is 2. The summed E-state index contributed by atoms with van der Waals surface area (Å²) in [4.78, 5) is 25.8. The molecule has 0 saturated carbocycles. The highest BCUT2D eigenvalue weighted by atomic mass is 35.5. The molecule has 0 radical (unpaired) electrons. The van der Waals surface area contributed by atoms with Crippen LogP contribution in [-0.2, 0) is 19.4 Å². The van der Waals surface area contributed by atoms with Crippen molar-refractivity contribution in [1.82, 2.24) is 15.5 Å². The zero-order chi connectivity index (χ0) is 20.7. The number of halogens is 1. The minimum atomic E-state index is -3.90. The number of rotatable bonds is 8. The zero-order valence-electron chi connectivity index (χ0n) is 15.5. The Morgan fingerprint density at radius 3 is 2.32 bits per heavy atom. The Morgan fingerprint density at radius 2 is 1.75 bits per heavy atom. The first-order chi connectivity index (χ1) is 13.2. The van der Waals surface area contributed by atoms with Crippen LogP contribution in [0.25, 0.3) is 0 Å². The van der Waals surface area contributed by atoms with Crippen LogP contribution in [-0.4, -0.2) is 58.9 Å². The molecule has 0 aliphatic rings. The summed E-state index contributed by atoms with van der Waals surface area (Å²) in [5, 5.41) is 4.04. The first kappa shape index (κ1) is 21.9. The van der Waals surface area contributed by atoms with Gasteiger partial charge in [-0.3, -0.25) is 9.59 Å². The number of benzene rings is 1. The van der Waals surface area contributed by atoms with Crippen molar-refractivity contribution < 1.29 is 22.4 Å². The lowest BCUT2D eigenvalue weighted by molar-refractivity contribution is -0.139. The maximum atomic E-state index is 13.0. The van der Waals surface area contributed by atoms with Gasteiger partial charge in [-0.2, -0.15) is 0 Å². The van der Waals surface area contributed by atoms with E-state index in [0.717, 1.165) is 0 Å². The molecule has 0 aliphatic heterocycles. The fourth-order valence-electron chi connectivity index (χ4n) is 2.37. The number of carbonyl (C=O) groups is 2. The summed E-state index contributed by atoms with van der Waals surface area (Å²) in [6.07, 6.45) is 1.34. The van der Waals surface area contributed by atoms with Gasteiger partial charge in [0.2, 0.25) is 0 Å². The predicted molar refractivity (Wildman–Crippen MR) is 105 cm³/mol. The molecule has 0 bridgehead atoms. The van der Waals surface area contributed by atoms with Gasteiger partial charge in [0.25, 0.3) is 0 Å². The molecular weight excluding hydrogens is 406 g/mol. The fraction of sp³-hybridized carbons (Fsp3) is 0.333. The Bertz CT molecular complexity index is 896. The normalized spacial score (nSPS) is 12.6. The van der Waals surface area contributed by atoms with Gasteiger partial charge in [-0.25, -0.2) is 8.42 Å². The molecule has 2 N–H and O–H groups in total. The van der Waals surface area contributed by atoms with Gasteiger partial charge in [-0.15, -0.1) is 0 Å². The number of nitrogens with one attached hydrogen (secondary N) is 2. The molecule has 28 heavy (non-hydrogen) atoms. The van der Waals surface area contributed by atoms with Crippen LogP contribution in [0.2, 0.25) is 5.02 Å². The van der Waals surface area contributed by atoms with E-state index in [1.54, 1.807) is 6.07 Å². The first-order valence-electron chi connectivity index (χ1n) is 8.45. The van der Waals surface area contributed by atoms with Crippen molar-refractivity contribution in [3.05, 3.63) is 53.4 Å². The lowest BCUT2D eigenvalue weighted by Gasteiger charge is -2.17. The highest BCUT2D eigenvalue weighted by Crippen LogP contribution is 2.29. The number of carbonyl (C=O) groups excluding carboxylic acids is 2. The minimum Gasteiger partial charge on any atom is -0.468 e. The Kier molecular flexibility index (Phi) is 7.61. The standard InChI is InChI=1S/C18H22ClN3O5S/c1-22(2)10-9-20-17(23)18(24)21-12-16(15-4-3-11-27-15)28(25,26)14-7-5-13(19)6-8-14/h3-8,11,16H,9-10,12H2,1-2H3,(H,20,23)(H,21,24)/t16-/m1/s1. The molecule has 0 aliphatic carbocycles. The van der Waals surface area contributed by atoms with Crippen molar-refractivity contribution in [1.29, 1.82) is 0 Å². The van der Waals surface area contributed by atoms with Crippen LogP contribution >= 0.6 is 11.6 Å². The van der Waals surface area contributed by atoms with Gasteiger partial charge in [-0.05, 0) is 50.5 Å². The molecule has 2 aromatic rings. The number of nitrogens with zero attached hydrogens (tertiary/aromatic N) is 1.